The van der Waals surface area contributed by atoms with Gasteiger partial charge in [0.25, 0.3) is 0 Å². The molecule has 0 atom stereocenters. The lowest BCUT2D eigenvalue weighted by molar-refractivity contribution is 0.308. The topological polar surface area (TPSA) is 58.6 Å². The lowest BCUT2D eigenvalue weighted by atomic mass is 10.3. The van der Waals surface area contributed by atoms with Crippen LogP contribution in [0.5, 0.6) is 5.75 Å². The molecule has 0 heterocycles. The fourth-order valence-electron chi connectivity index (χ4n) is 1.57. The van der Waals surface area contributed by atoms with Gasteiger partial charge in [-0.15, -0.1) is 0 Å². The second-order valence-corrected chi connectivity index (χ2v) is 6.89. The van der Waals surface area contributed by atoms with Crippen molar-refractivity contribution in [2.75, 3.05) is 26.7 Å². The highest BCUT2D eigenvalue weighted by Crippen LogP contribution is 2.18. The van der Waals surface area contributed by atoms with Crippen molar-refractivity contribution in [1.82, 2.24) is 9.62 Å². The molecule has 6 heteroatoms. The van der Waals surface area contributed by atoms with Gasteiger partial charge in [-0.1, -0.05) is 20.8 Å². The molecule has 1 aromatic carbocycles. The molecule has 20 heavy (non-hydrogen) atoms. The van der Waals surface area contributed by atoms with Crippen LogP contribution in [-0.4, -0.2) is 45.5 Å². The zero-order chi connectivity index (χ0) is 15.2. The Morgan fingerprint density at radius 1 is 1.25 bits per heavy atom. The van der Waals surface area contributed by atoms with Gasteiger partial charge in [-0.2, -0.15) is 0 Å². The lowest BCUT2D eigenvalue weighted by Crippen LogP contribution is -2.27. The summed E-state index contributed by atoms with van der Waals surface area (Å²) < 4.78 is 31.0. The van der Waals surface area contributed by atoms with Gasteiger partial charge in [0, 0.05) is 26.2 Å². The second kappa shape index (κ2) is 7.61. The summed E-state index contributed by atoms with van der Waals surface area (Å²) in [5, 5.41) is 3.25. The van der Waals surface area contributed by atoms with Crippen molar-refractivity contribution < 1.29 is 13.2 Å². The van der Waals surface area contributed by atoms with E-state index < -0.39 is 10.0 Å². The van der Waals surface area contributed by atoms with E-state index in [0.717, 1.165) is 6.54 Å². The number of hydrogen-bond donors (Lipinski definition) is 1. The average molecular weight is 300 g/mol. The van der Waals surface area contributed by atoms with E-state index in [4.69, 9.17) is 4.74 Å². The zero-order valence-corrected chi connectivity index (χ0v) is 13.4. The fraction of sp³-hybridized carbons (Fsp3) is 0.571. The van der Waals surface area contributed by atoms with Gasteiger partial charge in [-0.25, -0.2) is 12.7 Å². The van der Waals surface area contributed by atoms with Gasteiger partial charge in [0.2, 0.25) is 10.0 Å². The molecule has 0 spiro atoms. The number of rotatable bonds is 8. The minimum atomic E-state index is -3.38. The van der Waals surface area contributed by atoms with Crippen LogP contribution < -0.4 is 10.1 Å². The minimum Gasteiger partial charge on any atom is -0.492 e. The lowest BCUT2D eigenvalue weighted by Gasteiger charge is -2.15. The number of ether oxygens (including phenoxy) is 1. The minimum absolute atomic E-state index is 0.287. The number of benzene rings is 1. The molecule has 0 radical (unpaired) electrons. The Morgan fingerprint density at radius 3 is 2.35 bits per heavy atom. The molecule has 0 fully saturated rings. The molecule has 0 saturated heterocycles. The monoisotopic (exact) mass is 300 g/mol. The third-order valence-electron chi connectivity index (χ3n) is 2.90. The quantitative estimate of drug-likeness (QED) is 0.743. The first-order valence-electron chi connectivity index (χ1n) is 6.80. The Bertz CT molecular complexity index is 498. The van der Waals surface area contributed by atoms with E-state index in [1.807, 2.05) is 0 Å². The molecule has 0 aliphatic rings. The first kappa shape index (κ1) is 16.9. The maximum Gasteiger partial charge on any atom is 0.242 e. The van der Waals surface area contributed by atoms with E-state index in [-0.39, 0.29) is 4.90 Å². The highest BCUT2D eigenvalue weighted by atomic mass is 32.2. The number of nitrogens with zero attached hydrogens (tertiary/aromatic N) is 1. The van der Waals surface area contributed by atoms with Crippen LogP contribution in [0.2, 0.25) is 0 Å². The predicted molar refractivity (Wildman–Crippen MR) is 80.6 cm³/mol. The Kier molecular flexibility index (Phi) is 6.45. The van der Waals surface area contributed by atoms with Crippen molar-refractivity contribution in [3.63, 3.8) is 0 Å². The van der Waals surface area contributed by atoms with Crippen LogP contribution in [0.15, 0.2) is 29.2 Å². The largest absolute Gasteiger partial charge is 0.492 e. The molecule has 0 saturated carbocycles. The summed E-state index contributed by atoms with van der Waals surface area (Å²) in [7, 11) is -1.81. The Morgan fingerprint density at radius 2 is 1.85 bits per heavy atom. The standard InChI is InChI=1S/C14H24N2O3S/c1-5-16(4)20(17,18)14-8-6-13(7-9-14)19-11-10-15-12(2)3/h6-9,12,15H,5,10-11H2,1-4H3. The summed E-state index contributed by atoms with van der Waals surface area (Å²) in [4.78, 5) is 0.287. The van der Waals surface area contributed by atoms with E-state index >= 15 is 0 Å². The van der Waals surface area contributed by atoms with Crippen molar-refractivity contribution in [3.05, 3.63) is 24.3 Å². The van der Waals surface area contributed by atoms with E-state index in [1.54, 1.807) is 38.2 Å². The van der Waals surface area contributed by atoms with Gasteiger partial charge in [-0.05, 0) is 24.3 Å². The highest BCUT2D eigenvalue weighted by molar-refractivity contribution is 7.89. The zero-order valence-electron chi connectivity index (χ0n) is 12.6. The first-order valence-corrected chi connectivity index (χ1v) is 8.24. The smallest absolute Gasteiger partial charge is 0.242 e. The van der Waals surface area contributed by atoms with Crippen LogP contribution in [0, 0.1) is 0 Å². The van der Waals surface area contributed by atoms with E-state index in [9.17, 15) is 8.42 Å². The van der Waals surface area contributed by atoms with Crippen molar-refractivity contribution in [1.29, 1.82) is 0 Å². The van der Waals surface area contributed by atoms with Crippen LogP contribution in [0.3, 0.4) is 0 Å². The number of nitrogens with one attached hydrogen (secondary N) is 1. The van der Waals surface area contributed by atoms with Crippen LogP contribution in [0.25, 0.3) is 0 Å². The third-order valence-corrected chi connectivity index (χ3v) is 4.85. The SMILES string of the molecule is CCN(C)S(=O)(=O)c1ccc(OCCNC(C)C)cc1. The molecule has 0 aliphatic heterocycles. The molecule has 5 nitrogen and oxygen atoms in total. The molecule has 0 bridgehead atoms. The molecular weight excluding hydrogens is 276 g/mol. The molecule has 0 aromatic heterocycles. The van der Waals surface area contributed by atoms with Crippen LogP contribution in [0.4, 0.5) is 0 Å². The van der Waals surface area contributed by atoms with Crippen molar-refractivity contribution in [3.8, 4) is 5.75 Å². The Labute approximate surface area is 122 Å². The summed E-state index contributed by atoms with van der Waals surface area (Å²) in [5.41, 5.74) is 0. The van der Waals surface area contributed by atoms with Crippen LogP contribution in [0.1, 0.15) is 20.8 Å². The van der Waals surface area contributed by atoms with Crippen molar-refractivity contribution >= 4 is 10.0 Å². The summed E-state index contributed by atoms with van der Waals surface area (Å²) in [5.74, 6) is 0.675. The van der Waals surface area contributed by atoms with Crippen LogP contribution in [-0.2, 0) is 10.0 Å². The highest BCUT2D eigenvalue weighted by Gasteiger charge is 2.18. The summed E-state index contributed by atoms with van der Waals surface area (Å²) >= 11 is 0. The molecular formula is C14H24N2O3S. The maximum absolute atomic E-state index is 12.1. The van der Waals surface area contributed by atoms with E-state index in [2.05, 4.69) is 19.2 Å². The fourth-order valence-corrected chi connectivity index (χ4v) is 2.75. The number of hydrogen-bond acceptors (Lipinski definition) is 4. The summed E-state index contributed by atoms with van der Waals surface area (Å²) in [6.07, 6.45) is 0. The molecule has 1 rings (SSSR count). The molecule has 1 aromatic rings. The summed E-state index contributed by atoms with van der Waals surface area (Å²) in [6, 6.07) is 6.95. The first-order chi connectivity index (χ1) is 9.37. The van der Waals surface area contributed by atoms with Gasteiger partial charge >= 0.3 is 0 Å². The van der Waals surface area contributed by atoms with Gasteiger partial charge in [0.05, 0.1) is 4.90 Å². The third kappa shape index (κ3) is 4.77. The Hall–Kier alpha value is -1.11. The molecule has 0 aliphatic carbocycles. The van der Waals surface area contributed by atoms with Gasteiger partial charge < -0.3 is 10.1 Å². The number of sulfonamides is 1. The van der Waals surface area contributed by atoms with Gasteiger partial charge in [0.15, 0.2) is 0 Å². The van der Waals surface area contributed by atoms with Crippen molar-refractivity contribution in [2.45, 2.75) is 31.7 Å². The van der Waals surface area contributed by atoms with Gasteiger partial charge in [0.1, 0.15) is 12.4 Å². The normalized spacial score (nSPS) is 12.1. The molecule has 114 valence electrons. The molecule has 1 N–H and O–H groups in total. The average Bonchev–Trinajstić information content (AvgIpc) is 2.43. The second-order valence-electron chi connectivity index (χ2n) is 4.85. The molecule has 0 amide bonds. The van der Waals surface area contributed by atoms with Crippen molar-refractivity contribution in [2.24, 2.45) is 0 Å². The maximum atomic E-state index is 12.1. The predicted octanol–water partition coefficient (Wildman–Crippen LogP) is 1.70. The summed E-state index contributed by atoms with van der Waals surface area (Å²) in [6.45, 7) is 7.71. The molecule has 0 unspecified atom stereocenters. The van der Waals surface area contributed by atoms with Crippen LogP contribution >= 0.6 is 0 Å². The van der Waals surface area contributed by atoms with E-state index in [1.165, 1.54) is 4.31 Å². The van der Waals surface area contributed by atoms with E-state index in [0.29, 0.717) is 24.9 Å². The Balaban J connectivity index is 2.61. The van der Waals surface area contributed by atoms with Gasteiger partial charge in [-0.3, -0.25) is 0 Å².